The summed E-state index contributed by atoms with van der Waals surface area (Å²) in [7, 11) is 2.13. The first-order chi connectivity index (χ1) is 9.95. The maximum Gasteiger partial charge on any atom is 0.214 e. The quantitative estimate of drug-likeness (QED) is 0.854. The van der Waals surface area contributed by atoms with Crippen LogP contribution >= 0.6 is 22.9 Å². The monoisotopic (exact) mass is 325 g/mol. The van der Waals surface area contributed by atoms with Crippen LogP contribution in [-0.4, -0.2) is 48.1 Å². The summed E-state index contributed by atoms with van der Waals surface area (Å²) in [6, 6.07) is 3.97. The van der Waals surface area contributed by atoms with E-state index in [-0.39, 0.29) is 5.54 Å². The van der Waals surface area contributed by atoms with Crippen molar-refractivity contribution in [3.8, 4) is 0 Å². The van der Waals surface area contributed by atoms with Gasteiger partial charge in [-0.3, -0.25) is 0 Å². The minimum atomic E-state index is 0.143. The van der Waals surface area contributed by atoms with E-state index in [9.17, 15) is 0 Å². The van der Waals surface area contributed by atoms with Gasteiger partial charge in [0.15, 0.2) is 0 Å². The Morgan fingerprint density at radius 3 is 2.95 bits per heavy atom. The lowest BCUT2D eigenvalue weighted by atomic mass is 10.1. The lowest BCUT2D eigenvalue weighted by molar-refractivity contribution is 0.262. The number of hydrogen-bond acceptors (Lipinski definition) is 5. The highest BCUT2D eigenvalue weighted by Crippen LogP contribution is 2.31. The van der Waals surface area contributed by atoms with Crippen molar-refractivity contribution in [3.63, 3.8) is 0 Å². The van der Waals surface area contributed by atoms with Gasteiger partial charge in [0.05, 0.1) is 16.5 Å². The molecule has 1 aromatic rings. The summed E-state index contributed by atoms with van der Waals surface area (Å²) < 4.78 is 6.63. The first-order valence-electron chi connectivity index (χ1n) is 7.08. The van der Waals surface area contributed by atoms with E-state index >= 15 is 0 Å². The molecule has 0 N–H and O–H groups in total. The number of thiophene rings is 1. The molecule has 0 saturated carbocycles. The highest BCUT2D eigenvalue weighted by Gasteiger charge is 2.38. The Hall–Kier alpha value is -1.20. The molecule has 0 radical (unpaired) electrons. The van der Waals surface area contributed by atoms with Crippen LogP contribution in [0.1, 0.15) is 18.7 Å². The van der Waals surface area contributed by atoms with E-state index in [0.29, 0.717) is 13.3 Å². The Balaban J connectivity index is 1.58. The zero-order valence-corrected chi connectivity index (χ0v) is 14.2. The standard InChI is InChI=1S/C15H20ClN3OS/c1-15(2)9-19-10-17-13(8-14(19)18(15)3)20-7-6-11-4-5-12(16)21-11/h4-5,8H,6-7,9-10H2,1-3H3. The van der Waals surface area contributed by atoms with E-state index in [2.05, 4.69) is 35.7 Å². The molecular formula is C15H20ClN3OS. The Labute approximate surface area is 134 Å². The summed E-state index contributed by atoms with van der Waals surface area (Å²) >= 11 is 7.53. The molecule has 0 unspecified atom stereocenters. The van der Waals surface area contributed by atoms with E-state index in [0.717, 1.165) is 23.2 Å². The molecule has 2 aliphatic heterocycles. The van der Waals surface area contributed by atoms with Crippen LogP contribution in [0.4, 0.5) is 0 Å². The first kappa shape index (κ1) is 14.7. The van der Waals surface area contributed by atoms with Crippen molar-refractivity contribution in [3.05, 3.63) is 33.2 Å². The highest BCUT2D eigenvalue weighted by molar-refractivity contribution is 7.16. The molecule has 2 aliphatic rings. The molecule has 0 atom stereocenters. The molecule has 1 saturated heterocycles. The third-order valence-corrected chi connectivity index (χ3v) is 5.32. The highest BCUT2D eigenvalue weighted by atomic mass is 35.5. The number of halogens is 1. The maximum atomic E-state index is 5.93. The topological polar surface area (TPSA) is 28.1 Å². The minimum Gasteiger partial charge on any atom is -0.477 e. The molecule has 3 rings (SSSR count). The fourth-order valence-electron chi connectivity index (χ4n) is 2.63. The summed E-state index contributed by atoms with van der Waals surface area (Å²) in [4.78, 5) is 10.3. The van der Waals surface area contributed by atoms with Gasteiger partial charge in [0.25, 0.3) is 0 Å². The van der Waals surface area contributed by atoms with Crippen molar-refractivity contribution < 1.29 is 4.74 Å². The van der Waals surface area contributed by atoms with Gasteiger partial charge in [0.2, 0.25) is 5.90 Å². The number of rotatable bonds is 3. The van der Waals surface area contributed by atoms with Crippen molar-refractivity contribution >= 4 is 28.8 Å². The number of ether oxygens (including phenoxy) is 1. The Morgan fingerprint density at radius 2 is 2.24 bits per heavy atom. The lowest BCUT2D eigenvalue weighted by Gasteiger charge is -2.28. The number of fused-ring (bicyclic) bond motifs is 1. The summed E-state index contributed by atoms with van der Waals surface area (Å²) in [5.41, 5.74) is 0.143. The predicted molar refractivity (Wildman–Crippen MR) is 87.9 cm³/mol. The van der Waals surface area contributed by atoms with Crippen molar-refractivity contribution in [1.29, 1.82) is 0 Å². The fraction of sp³-hybridized carbons (Fsp3) is 0.533. The van der Waals surface area contributed by atoms with Crippen molar-refractivity contribution in [1.82, 2.24) is 9.80 Å². The van der Waals surface area contributed by atoms with Gasteiger partial charge in [-0.15, -0.1) is 11.3 Å². The van der Waals surface area contributed by atoms with Gasteiger partial charge in [-0.05, 0) is 26.0 Å². The summed E-state index contributed by atoms with van der Waals surface area (Å²) in [6.07, 6.45) is 2.91. The van der Waals surface area contributed by atoms with E-state index in [1.165, 1.54) is 10.7 Å². The van der Waals surface area contributed by atoms with Gasteiger partial charge in [-0.1, -0.05) is 11.6 Å². The van der Waals surface area contributed by atoms with Gasteiger partial charge < -0.3 is 14.5 Å². The van der Waals surface area contributed by atoms with E-state index in [4.69, 9.17) is 16.3 Å². The van der Waals surface area contributed by atoms with Gasteiger partial charge in [-0.25, -0.2) is 4.99 Å². The van der Waals surface area contributed by atoms with E-state index < -0.39 is 0 Å². The molecule has 0 amide bonds. The molecule has 6 heteroatoms. The molecule has 1 fully saturated rings. The van der Waals surface area contributed by atoms with Crippen LogP contribution in [0.3, 0.4) is 0 Å². The third-order valence-electron chi connectivity index (χ3n) is 4.03. The number of likely N-dealkylation sites (N-methyl/N-ethyl adjacent to an activating group) is 1. The van der Waals surface area contributed by atoms with Crippen LogP contribution in [0.5, 0.6) is 0 Å². The molecule has 1 aromatic heterocycles. The van der Waals surface area contributed by atoms with Crippen molar-refractivity contribution in [2.24, 2.45) is 4.99 Å². The number of nitrogens with zero attached hydrogens (tertiary/aromatic N) is 3. The molecule has 4 nitrogen and oxygen atoms in total. The van der Waals surface area contributed by atoms with Gasteiger partial charge >= 0.3 is 0 Å². The van der Waals surface area contributed by atoms with Crippen LogP contribution in [0, 0.1) is 0 Å². The molecule has 0 aliphatic carbocycles. The molecule has 0 spiro atoms. The number of hydrogen-bond donors (Lipinski definition) is 0. The molecule has 114 valence electrons. The maximum absolute atomic E-state index is 5.93. The second-order valence-corrected chi connectivity index (χ2v) is 7.81. The van der Waals surface area contributed by atoms with Crippen LogP contribution in [-0.2, 0) is 11.2 Å². The smallest absolute Gasteiger partial charge is 0.214 e. The van der Waals surface area contributed by atoms with E-state index in [1.807, 2.05) is 18.2 Å². The normalized spacial score (nSPS) is 20.2. The average molecular weight is 326 g/mol. The van der Waals surface area contributed by atoms with Crippen molar-refractivity contribution in [2.45, 2.75) is 25.8 Å². The first-order valence-corrected chi connectivity index (χ1v) is 8.27. The van der Waals surface area contributed by atoms with Crippen LogP contribution in [0.25, 0.3) is 0 Å². The van der Waals surface area contributed by atoms with Crippen LogP contribution < -0.4 is 0 Å². The number of aliphatic imine (C=N–C) groups is 1. The minimum absolute atomic E-state index is 0.143. The molecule has 3 heterocycles. The second-order valence-electron chi connectivity index (χ2n) is 6.01. The average Bonchev–Trinajstić information content (AvgIpc) is 2.93. The third kappa shape index (κ3) is 3.04. The van der Waals surface area contributed by atoms with E-state index in [1.54, 1.807) is 11.3 Å². The Bertz CT molecular complexity index is 593. The predicted octanol–water partition coefficient (Wildman–Crippen LogP) is 3.20. The van der Waals surface area contributed by atoms with Gasteiger partial charge in [0.1, 0.15) is 12.5 Å². The zero-order chi connectivity index (χ0) is 15.0. The van der Waals surface area contributed by atoms with Crippen molar-refractivity contribution in [2.75, 3.05) is 26.9 Å². The summed E-state index contributed by atoms with van der Waals surface area (Å²) in [6.45, 7) is 6.80. The molecular weight excluding hydrogens is 306 g/mol. The molecule has 21 heavy (non-hydrogen) atoms. The summed E-state index contributed by atoms with van der Waals surface area (Å²) in [5, 5.41) is 0. The van der Waals surface area contributed by atoms with Gasteiger partial charge in [0, 0.05) is 31.0 Å². The largest absolute Gasteiger partial charge is 0.477 e. The Morgan fingerprint density at radius 1 is 1.43 bits per heavy atom. The zero-order valence-electron chi connectivity index (χ0n) is 12.6. The fourth-order valence-corrected chi connectivity index (χ4v) is 3.70. The Kier molecular flexibility index (Phi) is 3.88. The lowest BCUT2D eigenvalue weighted by Crippen LogP contribution is -2.36. The van der Waals surface area contributed by atoms with Crippen LogP contribution in [0.15, 0.2) is 29.0 Å². The molecule has 0 bridgehead atoms. The SMILES string of the molecule is CN1C2=CC(OCCc3ccc(Cl)s3)=NCN2CC1(C)C. The molecule has 0 aromatic carbocycles. The second kappa shape index (κ2) is 5.54. The van der Waals surface area contributed by atoms with Gasteiger partial charge in [-0.2, -0.15) is 0 Å². The summed E-state index contributed by atoms with van der Waals surface area (Å²) in [5.74, 6) is 1.93. The van der Waals surface area contributed by atoms with Crippen LogP contribution in [0.2, 0.25) is 4.34 Å².